The number of para-hydroxylation sites is 1. The third kappa shape index (κ3) is 6.28. The van der Waals surface area contributed by atoms with Gasteiger partial charge in [0.2, 0.25) is 0 Å². The lowest BCUT2D eigenvalue weighted by Crippen LogP contribution is -2.32. The highest BCUT2D eigenvalue weighted by Gasteiger charge is 2.27. The quantitative estimate of drug-likeness (QED) is 0.205. The van der Waals surface area contributed by atoms with Gasteiger partial charge in [-0.2, -0.15) is 0 Å². The molecule has 6 rings (SSSR count). The number of hydrogen-bond donors (Lipinski definition) is 1. The topological polar surface area (TPSA) is 65.5 Å². The molecule has 6 nitrogen and oxygen atoms in total. The largest absolute Gasteiger partial charge is 0.322 e. The number of carbonyl (C=O) groups is 2. The number of anilines is 2. The fourth-order valence-electron chi connectivity index (χ4n) is 5.49. The van der Waals surface area contributed by atoms with Gasteiger partial charge in [-0.25, -0.2) is 4.98 Å². The zero-order valence-electron chi connectivity index (χ0n) is 24.4. The zero-order chi connectivity index (χ0) is 29.8. The molecule has 0 bridgehead atoms. The number of aromatic nitrogens is 1. The molecule has 0 saturated carbocycles. The molecule has 2 heterocycles. The average Bonchev–Trinajstić information content (AvgIpc) is 3.37. The molecule has 5 aromatic rings. The van der Waals surface area contributed by atoms with Gasteiger partial charge in [-0.3, -0.25) is 9.59 Å². The minimum absolute atomic E-state index is 0.0684. The van der Waals surface area contributed by atoms with E-state index in [0.717, 1.165) is 58.9 Å². The van der Waals surface area contributed by atoms with Crippen LogP contribution in [0.2, 0.25) is 0 Å². The van der Waals surface area contributed by atoms with Gasteiger partial charge >= 0.3 is 0 Å². The SMILES string of the molecule is CN(C)CCCc1nc2c(s1)CCN(C(=O)c1ccc(NC(=O)c3ccccc3-c3ccccc3)cc1)c1ccccc1-2. The average molecular weight is 587 g/mol. The van der Waals surface area contributed by atoms with Crippen LogP contribution in [0.3, 0.4) is 0 Å². The molecule has 0 aliphatic carbocycles. The standard InChI is InChI=1S/C36H34N4O2S/c1-39(2)23-10-17-33-38-34-30-15-8-9-16-31(30)40(24-22-32(34)43-33)36(42)26-18-20-27(21-19-26)37-35(41)29-14-7-6-13-28(29)25-11-4-3-5-12-25/h3-9,11-16,18-21H,10,17,22-24H2,1-2H3,(H,37,41). The molecule has 0 radical (unpaired) electrons. The van der Waals surface area contributed by atoms with Crippen LogP contribution in [0.25, 0.3) is 22.4 Å². The van der Waals surface area contributed by atoms with Crippen molar-refractivity contribution in [2.75, 3.05) is 37.4 Å². The minimum atomic E-state index is -0.195. The summed E-state index contributed by atoms with van der Waals surface area (Å²) in [6.45, 7) is 1.61. The van der Waals surface area contributed by atoms with Crippen molar-refractivity contribution in [1.29, 1.82) is 0 Å². The Kier molecular flexibility index (Phi) is 8.45. The van der Waals surface area contributed by atoms with Crippen molar-refractivity contribution < 1.29 is 9.59 Å². The van der Waals surface area contributed by atoms with E-state index in [9.17, 15) is 9.59 Å². The second kappa shape index (κ2) is 12.7. The Morgan fingerprint density at radius 1 is 0.860 bits per heavy atom. The molecular weight excluding hydrogens is 552 g/mol. The molecule has 7 heteroatoms. The maximum Gasteiger partial charge on any atom is 0.258 e. The second-order valence-corrected chi connectivity index (χ2v) is 12.1. The molecule has 1 aliphatic heterocycles. The maximum atomic E-state index is 13.8. The number of benzene rings is 4. The Morgan fingerprint density at radius 2 is 1.56 bits per heavy atom. The predicted octanol–water partition coefficient (Wildman–Crippen LogP) is 7.43. The number of aryl methyl sites for hydroxylation is 1. The molecule has 0 saturated heterocycles. The summed E-state index contributed by atoms with van der Waals surface area (Å²) in [6.07, 6.45) is 2.79. The van der Waals surface area contributed by atoms with E-state index in [2.05, 4.69) is 30.4 Å². The first-order valence-electron chi connectivity index (χ1n) is 14.6. The van der Waals surface area contributed by atoms with Crippen molar-refractivity contribution in [3.05, 3.63) is 124 Å². The smallest absolute Gasteiger partial charge is 0.258 e. The van der Waals surface area contributed by atoms with Crippen molar-refractivity contribution >= 4 is 34.5 Å². The number of fused-ring (bicyclic) bond motifs is 3. The first-order valence-corrected chi connectivity index (χ1v) is 15.4. The third-order valence-electron chi connectivity index (χ3n) is 7.64. The van der Waals surface area contributed by atoms with Gasteiger partial charge in [-0.05, 0) is 74.6 Å². The summed E-state index contributed by atoms with van der Waals surface area (Å²) < 4.78 is 0. The van der Waals surface area contributed by atoms with E-state index in [0.29, 0.717) is 23.4 Å². The Labute approximate surface area is 256 Å². The number of amides is 2. The lowest BCUT2D eigenvalue weighted by Gasteiger charge is -2.23. The normalized spacial score (nSPS) is 12.4. The van der Waals surface area contributed by atoms with Crippen molar-refractivity contribution in [1.82, 2.24) is 9.88 Å². The summed E-state index contributed by atoms with van der Waals surface area (Å²) in [5.74, 6) is -0.263. The number of nitrogens with one attached hydrogen (secondary N) is 1. The van der Waals surface area contributed by atoms with Crippen molar-refractivity contribution in [3.8, 4) is 22.4 Å². The summed E-state index contributed by atoms with van der Waals surface area (Å²) in [6, 6.07) is 32.6. The van der Waals surface area contributed by atoms with E-state index in [1.54, 1.807) is 35.6 Å². The molecule has 1 N–H and O–H groups in total. The lowest BCUT2D eigenvalue weighted by atomic mass is 9.99. The summed E-state index contributed by atoms with van der Waals surface area (Å²) in [4.78, 5) is 37.4. The number of nitrogens with zero attached hydrogens (tertiary/aromatic N) is 3. The van der Waals surface area contributed by atoms with Crippen LogP contribution in [-0.4, -0.2) is 48.9 Å². The molecule has 216 valence electrons. The van der Waals surface area contributed by atoms with Crippen molar-refractivity contribution in [3.63, 3.8) is 0 Å². The number of rotatable bonds is 8. The van der Waals surface area contributed by atoms with Gasteiger partial charge in [0.05, 0.1) is 16.4 Å². The zero-order valence-corrected chi connectivity index (χ0v) is 25.2. The van der Waals surface area contributed by atoms with Crippen LogP contribution in [0.1, 0.15) is 37.0 Å². The molecule has 1 aromatic heterocycles. The monoisotopic (exact) mass is 586 g/mol. The Bertz CT molecular complexity index is 1750. The number of hydrogen-bond acceptors (Lipinski definition) is 5. The van der Waals surface area contributed by atoms with Crippen LogP contribution >= 0.6 is 11.3 Å². The Balaban J connectivity index is 1.19. The van der Waals surface area contributed by atoms with E-state index in [-0.39, 0.29) is 11.8 Å². The molecular formula is C36H34N4O2S. The van der Waals surface area contributed by atoms with Crippen LogP contribution < -0.4 is 10.2 Å². The minimum Gasteiger partial charge on any atom is -0.322 e. The Morgan fingerprint density at radius 3 is 2.33 bits per heavy atom. The molecule has 2 amide bonds. The van der Waals surface area contributed by atoms with Gasteiger partial charge in [0.15, 0.2) is 0 Å². The molecule has 0 atom stereocenters. The van der Waals surface area contributed by atoms with E-state index >= 15 is 0 Å². The summed E-state index contributed by atoms with van der Waals surface area (Å²) in [5.41, 5.74) is 6.54. The highest BCUT2D eigenvalue weighted by atomic mass is 32.1. The van der Waals surface area contributed by atoms with Crippen LogP contribution in [0, 0.1) is 0 Å². The van der Waals surface area contributed by atoms with E-state index in [1.807, 2.05) is 77.7 Å². The Hall–Kier alpha value is -4.59. The predicted molar refractivity (Wildman–Crippen MR) is 176 cm³/mol. The molecule has 43 heavy (non-hydrogen) atoms. The molecule has 0 unspecified atom stereocenters. The number of carbonyl (C=O) groups excluding carboxylic acids is 2. The highest BCUT2D eigenvalue weighted by molar-refractivity contribution is 7.12. The van der Waals surface area contributed by atoms with Crippen molar-refractivity contribution in [2.24, 2.45) is 0 Å². The lowest BCUT2D eigenvalue weighted by molar-refractivity contribution is 0.0986. The van der Waals surface area contributed by atoms with Crippen LogP contribution in [-0.2, 0) is 12.8 Å². The third-order valence-corrected chi connectivity index (χ3v) is 8.82. The van der Waals surface area contributed by atoms with Gasteiger partial charge in [0, 0.05) is 46.6 Å². The number of thiazole rings is 1. The first-order chi connectivity index (χ1) is 21.0. The fraction of sp³-hybridized carbons (Fsp3) is 0.194. The summed E-state index contributed by atoms with van der Waals surface area (Å²) in [5, 5.41) is 4.16. The van der Waals surface area contributed by atoms with Gasteiger partial charge in [-0.1, -0.05) is 66.7 Å². The maximum absolute atomic E-state index is 13.8. The van der Waals surface area contributed by atoms with Crippen molar-refractivity contribution in [2.45, 2.75) is 19.3 Å². The van der Waals surface area contributed by atoms with Crippen LogP contribution in [0.4, 0.5) is 11.4 Å². The molecule has 0 fully saturated rings. The fourth-order valence-corrected chi connectivity index (χ4v) is 6.60. The van der Waals surface area contributed by atoms with Gasteiger partial charge < -0.3 is 15.1 Å². The van der Waals surface area contributed by atoms with Gasteiger partial charge in [0.25, 0.3) is 11.8 Å². The van der Waals surface area contributed by atoms with Crippen LogP contribution in [0.15, 0.2) is 103 Å². The van der Waals surface area contributed by atoms with Crippen LogP contribution in [0.5, 0.6) is 0 Å². The first kappa shape index (κ1) is 28.5. The molecule has 4 aromatic carbocycles. The second-order valence-electron chi connectivity index (χ2n) is 11.0. The van der Waals surface area contributed by atoms with Gasteiger partial charge in [0.1, 0.15) is 0 Å². The summed E-state index contributed by atoms with van der Waals surface area (Å²) in [7, 11) is 4.18. The molecule has 0 spiro atoms. The van der Waals surface area contributed by atoms with E-state index in [4.69, 9.17) is 4.98 Å². The van der Waals surface area contributed by atoms with Gasteiger partial charge in [-0.15, -0.1) is 11.3 Å². The highest BCUT2D eigenvalue weighted by Crippen LogP contribution is 2.39. The van der Waals surface area contributed by atoms with E-state index in [1.165, 1.54) is 4.88 Å². The summed E-state index contributed by atoms with van der Waals surface area (Å²) >= 11 is 1.77. The van der Waals surface area contributed by atoms with E-state index < -0.39 is 0 Å². The molecule has 1 aliphatic rings.